The SMILES string of the molecule is CNCCOC(=O)CCS. The second-order valence-corrected chi connectivity index (χ2v) is 2.24. The van der Waals surface area contributed by atoms with Gasteiger partial charge in [0.15, 0.2) is 0 Å². The van der Waals surface area contributed by atoms with Gasteiger partial charge < -0.3 is 10.1 Å². The van der Waals surface area contributed by atoms with Crippen LogP contribution in [0.4, 0.5) is 0 Å². The van der Waals surface area contributed by atoms with Gasteiger partial charge in [-0.05, 0) is 7.05 Å². The normalized spacial score (nSPS) is 9.40. The highest BCUT2D eigenvalue weighted by molar-refractivity contribution is 7.80. The fourth-order valence-corrected chi connectivity index (χ4v) is 0.613. The minimum Gasteiger partial charge on any atom is -0.464 e. The molecule has 0 aliphatic rings. The van der Waals surface area contributed by atoms with Gasteiger partial charge in [0.1, 0.15) is 6.61 Å². The van der Waals surface area contributed by atoms with Crippen LogP contribution >= 0.6 is 12.6 Å². The van der Waals surface area contributed by atoms with Crippen molar-refractivity contribution in [2.24, 2.45) is 0 Å². The molecule has 10 heavy (non-hydrogen) atoms. The Hall–Kier alpha value is -0.220. The van der Waals surface area contributed by atoms with Crippen LogP contribution in [0.15, 0.2) is 0 Å². The van der Waals surface area contributed by atoms with Crippen LogP contribution in [0.5, 0.6) is 0 Å². The molecule has 3 nitrogen and oxygen atoms in total. The summed E-state index contributed by atoms with van der Waals surface area (Å²) in [5.41, 5.74) is 0. The van der Waals surface area contributed by atoms with Crippen molar-refractivity contribution < 1.29 is 9.53 Å². The summed E-state index contributed by atoms with van der Waals surface area (Å²) in [5, 5.41) is 2.87. The lowest BCUT2D eigenvalue weighted by Gasteiger charge is -2.01. The first-order valence-electron chi connectivity index (χ1n) is 3.22. The fourth-order valence-electron chi connectivity index (χ4n) is 0.430. The van der Waals surface area contributed by atoms with E-state index in [-0.39, 0.29) is 5.97 Å². The van der Waals surface area contributed by atoms with E-state index < -0.39 is 0 Å². The van der Waals surface area contributed by atoms with Gasteiger partial charge in [-0.15, -0.1) is 0 Å². The molecule has 0 heterocycles. The van der Waals surface area contributed by atoms with Crippen LogP contribution in [-0.4, -0.2) is 31.9 Å². The molecule has 0 atom stereocenters. The number of hydrogen-bond acceptors (Lipinski definition) is 4. The van der Waals surface area contributed by atoms with Crippen LogP contribution in [-0.2, 0) is 9.53 Å². The number of rotatable bonds is 5. The Kier molecular flexibility index (Phi) is 6.74. The number of ether oxygens (including phenoxy) is 1. The van der Waals surface area contributed by atoms with Crippen molar-refractivity contribution in [3.05, 3.63) is 0 Å². The first-order valence-corrected chi connectivity index (χ1v) is 3.85. The number of esters is 1. The predicted octanol–water partition coefficient (Wildman–Crippen LogP) is 0.0689. The third-order valence-corrected chi connectivity index (χ3v) is 1.15. The molecule has 0 unspecified atom stereocenters. The second-order valence-electron chi connectivity index (χ2n) is 1.80. The molecule has 1 N–H and O–H groups in total. The van der Waals surface area contributed by atoms with Gasteiger partial charge in [-0.1, -0.05) is 0 Å². The average molecular weight is 163 g/mol. The van der Waals surface area contributed by atoms with Crippen molar-refractivity contribution in [1.29, 1.82) is 0 Å². The number of carbonyl (C=O) groups is 1. The lowest BCUT2D eigenvalue weighted by atomic mass is 10.5. The van der Waals surface area contributed by atoms with E-state index in [1.165, 1.54) is 0 Å². The van der Waals surface area contributed by atoms with Crippen LogP contribution in [0.1, 0.15) is 6.42 Å². The molecule has 0 aromatic heterocycles. The molecule has 60 valence electrons. The summed E-state index contributed by atoms with van der Waals surface area (Å²) in [6.07, 6.45) is 0.396. The van der Waals surface area contributed by atoms with Crippen molar-refractivity contribution in [2.45, 2.75) is 6.42 Å². The summed E-state index contributed by atoms with van der Waals surface area (Å²) in [4.78, 5) is 10.6. The molecule has 0 aliphatic heterocycles. The zero-order valence-electron chi connectivity index (χ0n) is 6.09. The zero-order chi connectivity index (χ0) is 7.82. The average Bonchev–Trinajstić information content (AvgIpc) is 1.89. The number of thiol groups is 1. The molecule has 0 spiro atoms. The quantitative estimate of drug-likeness (QED) is 0.342. The van der Waals surface area contributed by atoms with Gasteiger partial charge >= 0.3 is 5.97 Å². The molecular formula is C6H13NO2S. The van der Waals surface area contributed by atoms with E-state index in [2.05, 4.69) is 17.9 Å². The van der Waals surface area contributed by atoms with Gasteiger partial charge in [0, 0.05) is 12.3 Å². The summed E-state index contributed by atoms with van der Waals surface area (Å²) < 4.78 is 4.77. The number of carbonyl (C=O) groups excluding carboxylic acids is 1. The maximum absolute atomic E-state index is 10.6. The van der Waals surface area contributed by atoms with Crippen molar-refractivity contribution in [3.8, 4) is 0 Å². The molecule has 0 saturated heterocycles. The molecule has 4 heteroatoms. The fraction of sp³-hybridized carbons (Fsp3) is 0.833. The van der Waals surface area contributed by atoms with Gasteiger partial charge in [0.2, 0.25) is 0 Å². The van der Waals surface area contributed by atoms with E-state index in [1.807, 2.05) is 7.05 Å². The first kappa shape index (κ1) is 9.78. The largest absolute Gasteiger partial charge is 0.464 e. The monoisotopic (exact) mass is 163 g/mol. The lowest BCUT2D eigenvalue weighted by Crippen LogP contribution is -2.17. The Bertz CT molecular complexity index is 97.7. The Balaban J connectivity index is 3.05. The van der Waals surface area contributed by atoms with Crippen molar-refractivity contribution in [2.75, 3.05) is 26.0 Å². The van der Waals surface area contributed by atoms with Crippen LogP contribution < -0.4 is 5.32 Å². The highest BCUT2D eigenvalue weighted by atomic mass is 32.1. The van der Waals surface area contributed by atoms with Gasteiger partial charge in [-0.3, -0.25) is 4.79 Å². The Morgan fingerprint density at radius 3 is 2.90 bits per heavy atom. The van der Waals surface area contributed by atoms with Gasteiger partial charge in [-0.25, -0.2) is 0 Å². The third-order valence-electron chi connectivity index (χ3n) is 0.931. The molecule has 0 aromatic carbocycles. The molecule has 0 rings (SSSR count). The number of nitrogens with one attached hydrogen (secondary N) is 1. The van der Waals surface area contributed by atoms with Crippen LogP contribution in [0, 0.1) is 0 Å². The van der Waals surface area contributed by atoms with E-state index in [1.54, 1.807) is 0 Å². The predicted molar refractivity (Wildman–Crippen MR) is 43.4 cm³/mol. The van der Waals surface area contributed by atoms with Gasteiger partial charge in [-0.2, -0.15) is 12.6 Å². The summed E-state index contributed by atoms with van der Waals surface area (Å²) in [7, 11) is 1.81. The smallest absolute Gasteiger partial charge is 0.306 e. The summed E-state index contributed by atoms with van der Waals surface area (Å²) in [6, 6.07) is 0. The molecule has 0 aromatic rings. The Morgan fingerprint density at radius 2 is 2.40 bits per heavy atom. The zero-order valence-corrected chi connectivity index (χ0v) is 6.99. The van der Waals surface area contributed by atoms with Gasteiger partial charge in [0.05, 0.1) is 6.42 Å². The van der Waals surface area contributed by atoms with Crippen LogP contribution in [0.25, 0.3) is 0 Å². The Morgan fingerprint density at radius 1 is 1.70 bits per heavy atom. The van der Waals surface area contributed by atoms with Crippen molar-refractivity contribution in [3.63, 3.8) is 0 Å². The topological polar surface area (TPSA) is 38.3 Å². The number of hydrogen-bond donors (Lipinski definition) is 2. The highest BCUT2D eigenvalue weighted by Gasteiger charge is 1.98. The minimum absolute atomic E-state index is 0.176. The number of likely N-dealkylation sites (N-methyl/N-ethyl adjacent to an activating group) is 1. The standard InChI is InChI=1S/C6H13NO2S/c1-7-3-4-9-6(8)2-5-10/h7,10H,2-5H2,1H3. The maximum atomic E-state index is 10.6. The molecule has 0 radical (unpaired) electrons. The van der Waals surface area contributed by atoms with E-state index in [4.69, 9.17) is 4.74 Å². The summed E-state index contributed by atoms with van der Waals surface area (Å²) in [6.45, 7) is 1.15. The molecule has 0 bridgehead atoms. The van der Waals surface area contributed by atoms with Crippen LogP contribution in [0.3, 0.4) is 0 Å². The Labute approximate surface area is 66.5 Å². The van der Waals surface area contributed by atoms with Gasteiger partial charge in [0.25, 0.3) is 0 Å². The second kappa shape index (κ2) is 6.89. The van der Waals surface area contributed by atoms with E-state index in [9.17, 15) is 4.79 Å². The summed E-state index contributed by atoms with van der Waals surface area (Å²) >= 11 is 3.89. The molecule has 0 saturated carbocycles. The molecule has 0 aliphatic carbocycles. The first-order chi connectivity index (χ1) is 4.81. The summed E-state index contributed by atoms with van der Waals surface area (Å²) in [5.74, 6) is 0.378. The minimum atomic E-state index is -0.176. The van der Waals surface area contributed by atoms with Crippen molar-refractivity contribution in [1.82, 2.24) is 5.32 Å². The molecule has 0 amide bonds. The molecular weight excluding hydrogens is 150 g/mol. The third kappa shape index (κ3) is 5.91. The van der Waals surface area contributed by atoms with Crippen LogP contribution in [0.2, 0.25) is 0 Å². The van der Waals surface area contributed by atoms with Crippen molar-refractivity contribution >= 4 is 18.6 Å². The highest BCUT2D eigenvalue weighted by Crippen LogP contribution is 1.87. The maximum Gasteiger partial charge on any atom is 0.306 e. The van der Waals surface area contributed by atoms with E-state index in [0.29, 0.717) is 25.3 Å². The van der Waals surface area contributed by atoms with E-state index in [0.717, 1.165) is 0 Å². The lowest BCUT2D eigenvalue weighted by molar-refractivity contribution is -0.142. The van der Waals surface area contributed by atoms with E-state index >= 15 is 0 Å². The molecule has 0 fully saturated rings.